The Bertz CT molecular complexity index is 767. The molecule has 26 heavy (non-hydrogen) atoms. The SMILES string of the molecule is Cc1ccc(C2=C(N3CCCC(CO)C3)C(=O)N(C(C)C)C2=O)c(C)c1. The number of likely N-dealkylation sites (tertiary alicyclic amines) is 1. The molecule has 0 bridgehead atoms. The molecule has 2 aliphatic rings. The van der Waals surface area contributed by atoms with Gasteiger partial charge in [-0.25, -0.2) is 0 Å². The Morgan fingerprint density at radius 1 is 1.19 bits per heavy atom. The summed E-state index contributed by atoms with van der Waals surface area (Å²) in [6, 6.07) is 5.78. The maximum atomic E-state index is 13.2. The standard InChI is InChI=1S/C21H28N2O3/c1-13(2)23-20(25)18(17-8-7-14(3)10-15(17)4)19(21(23)26)22-9-5-6-16(11-22)12-24/h7-8,10,13,16,24H,5-6,9,11-12H2,1-4H3. The molecule has 0 aromatic heterocycles. The maximum absolute atomic E-state index is 13.2. The smallest absolute Gasteiger partial charge is 0.278 e. The fourth-order valence-corrected chi connectivity index (χ4v) is 4.05. The van der Waals surface area contributed by atoms with E-state index in [0.717, 1.165) is 36.1 Å². The molecule has 1 aromatic carbocycles. The number of carbonyl (C=O) groups is 2. The van der Waals surface area contributed by atoms with Crippen LogP contribution in [-0.2, 0) is 9.59 Å². The first-order valence-corrected chi connectivity index (χ1v) is 9.40. The summed E-state index contributed by atoms with van der Waals surface area (Å²) in [5.74, 6) is -0.274. The van der Waals surface area contributed by atoms with Gasteiger partial charge in [0.15, 0.2) is 0 Å². The van der Waals surface area contributed by atoms with Gasteiger partial charge in [-0.2, -0.15) is 0 Å². The third-order valence-corrected chi connectivity index (χ3v) is 5.35. The van der Waals surface area contributed by atoms with Gasteiger partial charge in [0.25, 0.3) is 11.8 Å². The number of benzene rings is 1. The molecule has 2 heterocycles. The highest BCUT2D eigenvalue weighted by Gasteiger charge is 2.43. The molecule has 2 amide bonds. The van der Waals surface area contributed by atoms with Gasteiger partial charge in [-0.3, -0.25) is 14.5 Å². The average Bonchev–Trinajstić information content (AvgIpc) is 2.85. The number of aliphatic hydroxyl groups excluding tert-OH is 1. The van der Waals surface area contributed by atoms with Crippen molar-refractivity contribution in [1.82, 2.24) is 9.80 Å². The van der Waals surface area contributed by atoms with Crippen LogP contribution in [0.25, 0.3) is 5.57 Å². The van der Waals surface area contributed by atoms with Crippen molar-refractivity contribution in [2.45, 2.75) is 46.6 Å². The van der Waals surface area contributed by atoms with Crippen LogP contribution in [0, 0.1) is 19.8 Å². The Morgan fingerprint density at radius 3 is 2.54 bits per heavy atom. The molecule has 1 N–H and O–H groups in total. The Balaban J connectivity index is 2.13. The fraction of sp³-hybridized carbons (Fsp3) is 0.524. The zero-order valence-electron chi connectivity index (χ0n) is 16.1. The van der Waals surface area contributed by atoms with Crippen molar-refractivity contribution < 1.29 is 14.7 Å². The lowest BCUT2D eigenvalue weighted by Crippen LogP contribution is -2.42. The number of carbonyl (C=O) groups excluding carboxylic acids is 2. The first kappa shape index (κ1) is 18.6. The van der Waals surface area contributed by atoms with Gasteiger partial charge >= 0.3 is 0 Å². The van der Waals surface area contributed by atoms with Gasteiger partial charge in [0.05, 0.1) is 5.57 Å². The highest BCUT2D eigenvalue weighted by atomic mass is 16.3. The van der Waals surface area contributed by atoms with Crippen molar-refractivity contribution in [2.24, 2.45) is 5.92 Å². The average molecular weight is 356 g/mol. The van der Waals surface area contributed by atoms with E-state index in [1.54, 1.807) is 0 Å². The van der Waals surface area contributed by atoms with Crippen LogP contribution < -0.4 is 0 Å². The largest absolute Gasteiger partial charge is 0.396 e. The van der Waals surface area contributed by atoms with Crippen molar-refractivity contribution in [2.75, 3.05) is 19.7 Å². The van der Waals surface area contributed by atoms with Crippen LogP contribution in [0.5, 0.6) is 0 Å². The molecule has 1 atom stereocenters. The second kappa shape index (κ2) is 7.23. The third kappa shape index (κ3) is 3.16. The van der Waals surface area contributed by atoms with Crippen LogP contribution in [0.3, 0.4) is 0 Å². The van der Waals surface area contributed by atoms with E-state index in [1.807, 2.05) is 50.8 Å². The molecule has 1 saturated heterocycles. The molecule has 2 aliphatic heterocycles. The molecule has 140 valence electrons. The highest BCUT2D eigenvalue weighted by molar-refractivity contribution is 6.35. The Morgan fingerprint density at radius 2 is 1.92 bits per heavy atom. The number of hydrogen-bond donors (Lipinski definition) is 1. The molecule has 5 heteroatoms. The van der Waals surface area contributed by atoms with Crippen molar-refractivity contribution in [3.8, 4) is 0 Å². The number of aliphatic hydroxyl groups is 1. The van der Waals surface area contributed by atoms with Crippen LogP contribution in [-0.4, -0.2) is 52.5 Å². The molecule has 5 nitrogen and oxygen atoms in total. The quantitative estimate of drug-likeness (QED) is 0.842. The molecule has 0 aliphatic carbocycles. The van der Waals surface area contributed by atoms with Gasteiger partial charge in [0.2, 0.25) is 0 Å². The van der Waals surface area contributed by atoms with Crippen LogP contribution in [0.2, 0.25) is 0 Å². The molecular formula is C21H28N2O3. The van der Waals surface area contributed by atoms with Crippen LogP contribution in [0.1, 0.15) is 43.4 Å². The number of hydrogen-bond acceptors (Lipinski definition) is 4. The number of rotatable bonds is 4. The summed E-state index contributed by atoms with van der Waals surface area (Å²) in [5.41, 5.74) is 3.98. The van der Waals surface area contributed by atoms with Crippen LogP contribution in [0.15, 0.2) is 23.9 Å². The number of amides is 2. The van der Waals surface area contributed by atoms with Gasteiger partial charge in [0, 0.05) is 25.7 Å². The third-order valence-electron chi connectivity index (χ3n) is 5.35. The number of nitrogens with zero attached hydrogens (tertiary/aromatic N) is 2. The summed E-state index contributed by atoms with van der Waals surface area (Å²) in [4.78, 5) is 29.7. The number of piperidine rings is 1. The van der Waals surface area contributed by atoms with E-state index in [-0.39, 0.29) is 30.4 Å². The minimum absolute atomic E-state index is 0.110. The molecule has 1 fully saturated rings. The first-order valence-electron chi connectivity index (χ1n) is 9.40. The molecule has 0 saturated carbocycles. The zero-order chi connectivity index (χ0) is 19.0. The second-order valence-corrected chi connectivity index (χ2v) is 7.75. The van der Waals surface area contributed by atoms with E-state index in [1.165, 1.54) is 4.90 Å². The summed E-state index contributed by atoms with van der Waals surface area (Å²) >= 11 is 0. The second-order valence-electron chi connectivity index (χ2n) is 7.75. The van der Waals surface area contributed by atoms with Crippen molar-refractivity contribution >= 4 is 17.4 Å². The van der Waals surface area contributed by atoms with Gasteiger partial charge in [-0.1, -0.05) is 23.8 Å². The van der Waals surface area contributed by atoms with Gasteiger partial charge in [0.1, 0.15) is 5.70 Å². The maximum Gasteiger partial charge on any atom is 0.278 e. The predicted molar refractivity (Wildman–Crippen MR) is 101 cm³/mol. The molecule has 0 spiro atoms. The summed E-state index contributed by atoms with van der Waals surface area (Å²) in [6.45, 7) is 9.20. The normalized spacial score (nSPS) is 21.4. The Labute approximate surface area is 155 Å². The van der Waals surface area contributed by atoms with Crippen molar-refractivity contribution in [1.29, 1.82) is 0 Å². The number of aryl methyl sites for hydroxylation is 2. The van der Waals surface area contributed by atoms with Gasteiger partial charge < -0.3 is 10.0 Å². The lowest BCUT2D eigenvalue weighted by molar-refractivity contribution is -0.139. The van der Waals surface area contributed by atoms with E-state index in [4.69, 9.17) is 0 Å². The minimum Gasteiger partial charge on any atom is -0.396 e. The van der Waals surface area contributed by atoms with Crippen molar-refractivity contribution in [3.63, 3.8) is 0 Å². The molecule has 3 rings (SSSR count). The van der Waals surface area contributed by atoms with E-state index in [2.05, 4.69) is 0 Å². The molecule has 1 aromatic rings. The summed E-state index contributed by atoms with van der Waals surface area (Å²) in [6.07, 6.45) is 1.87. The summed E-state index contributed by atoms with van der Waals surface area (Å²) in [5, 5.41) is 9.56. The van der Waals surface area contributed by atoms with E-state index >= 15 is 0 Å². The predicted octanol–water partition coefficient (Wildman–Crippen LogP) is 2.50. The fourth-order valence-electron chi connectivity index (χ4n) is 4.05. The first-order chi connectivity index (χ1) is 12.3. The van der Waals surface area contributed by atoms with Gasteiger partial charge in [-0.15, -0.1) is 0 Å². The molecule has 0 radical (unpaired) electrons. The summed E-state index contributed by atoms with van der Waals surface area (Å²) < 4.78 is 0. The monoisotopic (exact) mass is 356 g/mol. The highest BCUT2D eigenvalue weighted by Crippen LogP contribution is 2.36. The lowest BCUT2D eigenvalue weighted by atomic mass is 9.95. The van der Waals surface area contributed by atoms with Crippen molar-refractivity contribution in [3.05, 3.63) is 40.6 Å². The van der Waals surface area contributed by atoms with Gasteiger partial charge in [-0.05, 0) is 57.6 Å². The zero-order valence-corrected chi connectivity index (χ0v) is 16.1. The lowest BCUT2D eigenvalue weighted by Gasteiger charge is -2.34. The van der Waals surface area contributed by atoms with E-state index < -0.39 is 0 Å². The molecular weight excluding hydrogens is 328 g/mol. The van der Waals surface area contributed by atoms with E-state index in [0.29, 0.717) is 17.8 Å². The summed E-state index contributed by atoms with van der Waals surface area (Å²) in [7, 11) is 0. The Hall–Kier alpha value is -2.14. The topological polar surface area (TPSA) is 60.9 Å². The minimum atomic E-state index is -0.210. The Kier molecular flexibility index (Phi) is 5.19. The van der Waals surface area contributed by atoms with Crippen LogP contribution in [0.4, 0.5) is 0 Å². The van der Waals surface area contributed by atoms with Crippen LogP contribution >= 0.6 is 0 Å². The molecule has 1 unspecified atom stereocenters. The van der Waals surface area contributed by atoms with E-state index in [9.17, 15) is 14.7 Å². The number of imide groups is 1.